The van der Waals surface area contributed by atoms with Crippen molar-refractivity contribution < 1.29 is 0 Å². The highest BCUT2D eigenvalue weighted by Crippen LogP contribution is 2.26. The van der Waals surface area contributed by atoms with Crippen LogP contribution in [0.4, 0.5) is 5.82 Å². The van der Waals surface area contributed by atoms with Gasteiger partial charge in [0.15, 0.2) is 0 Å². The zero-order chi connectivity index (χ0) is 14.5. The molecule has 2 N–H and O–H groups in total. The minimum atomic E-state index is 0.251. The quantitative estimate of drug-likeness (QED) is 0.896. The zero-order valence-electron chi connectivity index (χ0n) is 13.2. The van der Waals surface area contributed by atoms with Gasteiger partial charge in [0.1, 0.15) is 5.82 Å². The lowest BCUT2D eigenvalue weighted by Crippen LogP contribution is -2.36. The van der Waals surface area contributed by atoms with E-state index in [1.165, 1.54) is 36.2 Å². The molecule has 1 aromatic rings. The average Bonchev–Trinajstić information content (AvgIpc) is 2.47. The summed E-state index contributed by atoms with van der Waals surface area (Å²) in [6.45, 7) is 8.93. The molecule has 3 nitrogen and oxygen atoms in total. The monoisotopic (exact) mass is 275 g/mol. The lowest BCUT2D eigenvalue weighted by atomic mass is 9.95. The van der Waals surface area contributed by atoms with Crippen LogP contribution in [0.15, 0.2) is 12.3 Å². The topological polar surface area (TPSA) is 42.1 Å². The third-order valence-electron chi connectivity index (χ3n) is 4.53. The molecule has 1 aromatic heterocycles. The first-order valence-electron chi connectivity index (χ1n) is 8.10. The van der Waals surface area contributed by atoms with Crippen molar-refractivity contribution >= 4 is 5.82 Å². The number of nitrogens with zero attached hydrogens (tertiary/aromatic N) is 2. The van der Waals surface area contributed by atoms with Crippen molar-refractivity contribution in [3.05, 3.63) is 23.4 Å². The summed E-state index contributed by atoms with van der Waals surface area (Å²) in [5.74, 6) is 2.01. The van der Waals surface area contributed by atoms with Gasteiger partial charge >= 0.3 is 0 Å². The highest BCUT2D eigenvalue weighted by Gasteiger charge is 2.20. The molecular formula is C17H29N3. The Balaban J connectivity index is 2.09. The fourth-order valence-electron chi connectivity index (χ4n) is 3.11. The molecule has 0 aromatic carbocycles. The molecule has 0 saturated carbocycles. The number of rotatable bonds is 5. The zero-order valence-corrected chi connectivity index (χ0v) is 13.2. The third-order valence-corrected chi connectivity index (χ3v) is 4.53. The van der Waals surface area contributed by atoms with Crippen LogP contribution >= 0.6 is 0 Å². The lowest BCUT2D eigenvalue weighted by molar-refractivity contribution is 0.402. The number of hydrogen-bond donors (Lipinski definition) is 1. The minimum Gasteiger partial charge on any atom is -0.356 e. The van der Waals surface area contributed by atoms with Gasteiger partial charge in [-0.3, -0.25) is 0 Å². The Bertz CT molecular complexity index is 430. The van der Waals surface area contributed by atoms with Crippen molar-refractivity contribution in [1.82, 2.24) is 4.98 Å². The summed E-state index contributed by atoms with van der Waals surface area (Å²) in [6, 6.07) is 2.52. The van der Waals surface area contributed by atoms with Crippen LogP contribution in [0.2, 0.25) is 0 Å². The summed E-state index contributed by atoms with van der Waals surface area (Å²) < 4.78 is 0. The molecule has 0 radical (unpaired) electrons. The van der Waals surface area contributed by atoms with Gasteiger partial charge in [-0.15, -0.1) is 0 Å². The van der Waals surface area contributed by atoms with Gasteiger partial charge in [-0.25, -0.2) is 4.98 Å². The van der Waals surface area contributed by atoms with Crippen molar-refractivity contribution in [2.45, 2.75) is 58.9 Å². The Morgan fingerprint density at radius 3 is 2.90 bits per heavy atom. The smallest absolute Gasteiger partial charge is 0.131 e. The predicted octanol–water partition coefficient (Wildman–Crippen LogP) is 3.30. The van der Waals surface area contributed by atoms with E-state index in [0.717, 1.165) is 31.8 Å². The summed E-state index contributed by atoms with van der Waals surface area (Å²) in [7, 11) is 0. The van der Waals surface area contributed by atoms with Gasteiger partial charge in [-0.1, -0.05) is 26.3 Å². The number of pyridine rings is 1. The molecule has 112 valence electrons. The number of hydrogen-bond acceptors (Lipinski definition) is 3. The largest absolute Gasteiger partial charge is 0.356 e. The van der Waals surface area contributed by atoms with Crippen molar-refractivity contribution in [1.29, 1.82) is 0 Å². The van der Waals surface area contributed by atoms with E-state index in [1.54, 1.807) is 0 Å². The molecule has 1 fully saturated rings. The van der Waals surface area contributed by atoms with E-state index in [4.69, 9.17) is 10.7 Å². The molecule has 1 saturated heterocycles. The van der Waals surface area contributed by atoms with Crippen molar-refractivity contribution in [3.8, 4) is 0 Å². The summed E-state index contributed by atoms with van der Waals surface area (Å²) in [5.41, 5.74) is 8.60. The molecule has 20 heavy (non-hydrogen) atoms. The first-order chi connectivity index (χ1) is 9.63. The van der Waals surface area contributed by atoms with E-state index in [-0.39, 0.29) is 6.04 Å². The van der Waals surface area contributed by atoms with Gasteiger partial charge in [-0.05, 0) is 49.7 Å². The summed E-state index contributed by atoms with van der Waals surface area (Å²) >= 11 is 0. The van der Waals surface area contributed by atoms with Gasteiger partial charge in [0.2, 0.25) is 0 Å². The van der Waals surface area contributed by atoms with Crippen LogP contribution in [0.25, 0.3) is 0 Å². The molecule has 0 bridgehead atoms. The van der Waals surface area contributed by atoms with Gasteiger partial charge in [0.05, 0.1) is 0 Å². The average molecular weight is 275 g/mol. The fraction of sp³-hybridized carbons (Fsp3) is 0.706. The number of aryl methyl sites for hydroxylation is 1. The summed E-state index contributed by atoms with van der Waals surface area (Å²) in [6.07, 6.45) is 7.91. The second-order valence-electron chi connectivity index (χ2n) is 6.22. The molecule has 0 spiro atoms. The number of anilines is 1. The minimum absolute atomic E-state index is 0.251. The maximum Gasteiger partial charge on any atom is 0.131 e. The molecule has 0 amide bonds. The Labute approximate surface area is 123 Å². The molecule has 1 aliphatic rings. The third kappa shape index (κ3) is 3.72. The van der Waals surface area contributed by atoms with E-state index < -0.39 is 0 Å². The first kappa shape index (κ1) is 15.3. The van der Waals surface area contributed by atoms with Crippen LogP contribution in [0.3, 0.4) is 0 Å². The Kier molecular flexibility index (Phi) is 5.41. The Morgan fingerprint density at radius 2 is 2.25 bits per heavy atom. The fourth-order valence-corrected chi connectivity index (χ4v) is 3.11. The molecule has 2 rings (SSSR count). The molecule has 1 aliphatic heterocycles. The van der Waals surface area contributed by atoms with Crippen molar-refractivity contribution in [2.75, 3.05) is 18.0 Å². The van der Waals surface area contributed by atoms with Gasteiger partial charge < -0.3 is 10.6 Å². The highest BCUT2D eigenvalue weighted by atomic mass is 15.2. The Hall–Kier alpha value is -1.09. The van der Waals surface area contributed by atoms with Crippen LogP contribution < -0.4 is 10.6 Å². The Morgan fingerprint density at radius 1 is 1.45 bits per heavy atom. The van der Waals surface area contributed by atoms with Gasteiger partial charge in [0.25, 0.3) is 0 Å². The molecule has 2 unspecified atom stereocenters. The van der Waals surface area contributed by atoms with Crippen LogP contribution in [0.5, 0.6) is 0 Å². The van der Waals surface area contributed by atoms with E-state index >= 15 is 0 Å². The number of aromatic nitrogens is 1. The van der Waals surface area contributed by atoms with Crippen molar-refractivity contribution in [3.63, 3.8) is 0 Å². The van der Waals surface area contributed by atoms with Gasteiger partial charge in [0, 0.05) is 25.3 Å². The summed E-state index contributed by atoms with van der Waals surface area (Å²) in [4.78, 5) is 7.20. The highest BCUT2D eigenvalue weighted by molar-refractivity contribution is 5.47. The van der Waals surface area contributed by atoms with Crippen LogP contribution in [0, 0.1) is 12.8 Å². The van der Waals surface area contributed by atoms with E-state index in [9.17, 15) is 0 Å². The van der Waals surface area contributed by atoms with Crippen molar-refractivity contribution in [2.24, 2.45) is 11.7 Å². The molecule has 2 atom stereocenters. The number of nitrogens with two attached hydrogens (primary N) is 1. The van der Waals surface area contributed by atoms with E-state index in [0.29, 0.717) is 0 Å². The molecule has 2 heterocycles. The second kappa shape index (κ2) is 7.07. The maximum absolute atomic E-state index is 6.03. The second-order valence-corrected chi connectivity index (χ2v) is 6.22. The molecule has 0 aliphatic carbocycles. The summed E-state index contributed by atoms with van der Waals surface area (Å²) in [5, 5.41) is 0. The van der Waals surface area contributed by atoms with Gasteiger partial charge in [-0.2, -0.15) is 0 Å². The molecule has 3 heteroatoms. The number of piperidine rings is 1. The van der Waals surface area contributed by atoms with Crippen LogP contribution in [0.1, 0.15) is 50.7 Å². The lowest BCUT2D eigenvalue weighted by Gasteiger charge is -2.34. The van der Waals surface area contributed by atoms with Crippen LogP contribution in [-0.2, 0) is 6.42 Å². The first-order valence-corrected chi connectivity index (χ1v) is 8.10. The SMILES string of the molecule is CCC(N)Cc1cnc(N2CCCC(CC)C2)c(C)c1. The predicted molar refractivity (Wildman–Crippen MR) is 86.2 cm³/mol. The molecular weight excluding hydrogens is 246 g/mol. The van der Waals surface area contributed by atoms with E-state index in [1.807, 2.05) is 6.20 Å². The maximum atomic E-state index is 6.03. The van der Waals surface area contributed by atoms with E-state index in [2.05, 4.69) is 31.7 Å². The normalized spacial score (nSPS) is 21.0. The van der Waals surface area contributed by atoms with Crippen LogP contribution in [-0.4, -0.2) is 24.1 Å². The standard InChI is InChI=1S/C17H29N3/c1-4-14-7-6-8-20(12-14)17-13(3)9-15(11-19-17)10-16(18)5-2/h9,11,14,16H,4-8,10,12,18H2,1-3H3.